The first-order chi connectivity index (χ1) is 30.3. The molecule has 8 rings (SSSR count). The largest absolute Gasteiger partial charge is 0.487 e. The Morgan fingerprint density at radius 3 is 1.59 bits per heavy atom. The van der Waals surface area contributed by atoms with Gasteiger partial charge in [0.1, 0.15) is 48.0 Å². The summed E-state index contributed by atoms with van der Waals surface area (Å²) < 4.78 is 38.8. The van der Waals surface area contributed by atoms with Gasteiger partial charge in [-0.25, -0.2) is 28.7 Å². The number of nitrogens with zero attached hydrogens (tertiary/aromatic N) is 8. The lowest BCUT2D eigenvalue weighted by atomic mass is 10.1. The molecule has 2 aliphatic heterocycles. The average Bonchev–Trinajstić information content (AvgIpc) is 3.24. The van der Waals surface area contributed by atoms with E-state index in [1.54, 1.807) is 18.2 Å². The zero-order valence-electron chi connectivity index (χ0n) is 34.7. The fraction of sp³-hybridized carbons (Fsp3) is 0.273. The van der Waals surface area contributed by atoms with Crippen LogP contribution in [0.4, 0.5) is 55.3 Å². The van der Waals surface area contributed by atoms with Crippen LogP contribution in [-0.4, -0.2) is 80.1 Å². The topological polar surface area (TPSA) is 185 Å². The lowest BCUT2D eigenvalue weighted by molar-refractivity contribution is -0.121. The zero-order valence-corrected chi connectivity index (χ0v) is 35.5. The Kier molecular flexibility index (Phi) is 12.4. The second kappa shape index (κ2) is 18.4. The van der Waals surface area contributed by atoms with Crippen molar-refractivity contribution < 1.29 is 27.8 Å². The number of carbonyl (C=O) groups excluding carboxylic acids is 2. The third kappa shape index (κ3) is 10.1. The maximum absolute atomic E-state index is 13.8. The summed E-state index contributed by atoms with van der Waals surface area (Å²) in [4.78, 5) is 56.7. The molecule has 2 saturated heterocycles. The highest BCUT2D eigenvalue weighted by atomic mass is 35.5. The minimum atomic E-state index is -0.543. The Hall–Kier alpha value is -7.21. The van der Waals surface area contributed by atoms with Gasteiger partial charge in [-0.05, 0) is 98.5 Å². The van der Waals surface area contributed by atoms with Gasteiger partial charge in [0.15, 0.2) is 0 Å². The average molecular weight is 877 g/mol. The number of aromatic nitrogens is 6. The first-order valence-corrected chi connectivity index (χ1v) is 20.5. The predicted molar refractivity (Wildman–Crippen MR) is 236 cm³/mol. The van der Waals surface area contributed by atoms with Gasteiger partial charge >= 0.3 is 0 Å². The van der Waals surface area contributed by atoms with Crippen LogP contribution in [0.1, 0.15) is 35.1 Å². The first kappa shape index (κ1) is 42.5. The number of hydrogen-bond donors (Lipinski definition) is 4. The van der Waals surface area contributed by atoms with E-state index in [1.807, 2.05) is 61.8 Å². The number of amides is 2. The van der Waals surface area contributed by atoms with Gasteiger partial charge in [-0.1, -0.05) is 23.7 Å². The Morgan fingerprint density at radius 1 is 0.651 bits per heavy atom. The minimum Gasteiger partial charge on any atom is -0.487 e. The van der Waals surface area contributed by atoms with Crippen molar-refractivity contribution in [3.63, 3.8) is 0 Å². The standard InChI is InChI=1S/C44H43ClF2N12O4/c1-24-5-13-35(52-41-48-22-50-43(56-41)58-18-31(19-58)62-29-9-7-28(46)8-10-29)26(3)39(24)54-37(60)15-16-38(61)55-40-25(2)6-14-36(27(40)4)53-42-49-23-51-44(57-42)59-20-32(21-59)63-30-11-12-33(45)34(47)17-30/h5-14,17,22-23,31-32H,15-16,18-21H2,1-4H3,(H,54,60)(H,55,61)(H,48,50,52,56)(H,49,51,53,57). The Bertz CT molecular complexity index is 2660. The molecule has 0 spiro atoms. The second-order valence-electron chi connectivity index (χ2n) is 15.2. The molecule has 2 aromatic heterocycles. The Labute approximate surface area is 366 Å². The first-order valence-electron chi connectivity index (χ1n) is 20.1. The Morgan fingerprint density at radius 2 is 1.11 bits per heavy atom. The normalized spacial score (nSPS) is 13.8. The van der Waals surface area contributed by atoms with E-state index in [0.29, 0.717) is 84.2 Å². The van der Waals surface area contributed by atoms with Crippen LogP contribution < -0.4 is 40.5 Å². The lowest BCUT2D eigenvalue weighted by Gasteiger charge is -2.38. The molecule has 324 valence electrons. The van der Waals surface area contributed by atoms with E-state index in [4.69, 9.17) is 21.1 Å². The van der Waals surface area contributed by atoms with Crippen LogP contribution in [0.5, 0.6) is 11.5 Å². The summed E-state index contributed by atoms with van der Waals surface area (Å²) in [5.74, 6) is 1.05. The van der Waals surface area contributed by atoms with Crippen molar-refractivity contribution >= 4 is 70.0 Å². The van der Waals surface area contributed by atoms with Crippen molar-refractivity contribution in [1.29, 1.82) is 0 Å². The third-order valence-electron chi connectivity index (χ3n) is 10.6. The van der Waals surface area contributed by atoms with Crippen molar-refractivity contribution in [3.05, 3.63) is 118 Å². The molecule has 4 heterocycles. The van der Waals surface area contributed by atoms with E-state index in [-0.39, 0.29) is 47.7 Å². The number of hydrogen-bond acceptors (Lipinski definition) is 14. The van der Waals surface area contributed by atoms with Gasteiger partial charge in [0, 0.05) is 41.7 Å². The fourth-order valence-corrected chi connectivity index (χ4v) is 7.14. The predicted octanol–water partition coefficient (Wildman–Crippen LogP) is 7.60. The second-order valence-corrected chi connectivity index (χ2v) is 15.7. The van der Waals surface area contributed by atoms with Gasteiger partial charge in [0.2, 0.25) is 35.6 Å². The number of aryl methyl sites for hydroxylation is 2. The van der Waals surface area contributed by atoms with Gasteiger partial charge in [-0.2, -0.15) is 9.97 Å². The molecule has 63 heavy (non-hydrogen) atoms. The smallest absolute Gasteiger partial charge is 0.232 e. The maximum atomic E-state index is 13.8. The molecular formula is C44H43ClF2N12O4. The minimum absolute atomic E-state index is 0.0325. The number of halogens is 3. The van der Waals surface area contributed by atoms with E-state index < -0.39 is 5.82 Å². The SMILES string of the molecule is Cc1ccc(Nc2ncnc(N3CC(Oc4ccc(F)cc4)C3)n2)c(C)c1NC(=O)CCC(=O)Nc1c(C)ccc(Nc2ncnc(N3CC(Oc4ccc(Cl)c(F)c4)C3)n2)c1C. The zero-order chi connectivity index (χ0) is 44.2. The highest BCUT2D eigenvalue weighted by Gasteiger charge is 2.32. The summed E-state index contributed by atoms with van der Waals surface area (Å²) in [6, 6.07) is 17.7. The molecule has 2 aliphatic rings. The third-order valence-corrected chi connectivity index (χ3v) is 10.9. The van der Waals surface area contributed by atoms with Crippen molar-refractivity contribution in [2.45, 2.75) is 52.7 Å². The van der Waals surface area contributed by atoms with Crippen molar-refractivity contribution in [3.8, 4) is 11.5 Å². The summed E-state index contributed by atoms with van der Waals surface area (Å²) in [5, 5.41) is 12.5. The summed E-state index contributed by atoms with van der Waals surface area (Å²) >= 11 is 5.78. The van der Waals surface area contributed by atoms with Gasteiger partial charge in [0.25, 0.3) is 0 Å². The van der Waals surface area contributed by atoms with Crippen molar-refractivity contribution in [2.75, 3.05) is 57.2 Å². The molecule has 0 aliphatic carbocycles. The highest BCUT2D eigenvalue weighted by Crippen LogP contribution is 2.32. The summed E-state index contributed by atoms with van der Waals surface area (Å²) in [7, 11) is 0. The maximum Gasteiger partial charge on any atom is 0.232 e. The molecule has 0 bridgehead atoms. The summed E-state index contributed by atoms with van der Waals surface area (Å²) in [6.07, 6.45) is 2.47. The van der Waals surface area contributed by atoms with Crippen LogP contribution in [-0.2, 0) is 9.59 Å². The lowest BCUT2D eigenvalue weighted by Crippen LogP contribution is -2.54. The molecule has 0 saturated carbocycles. The number of carbonyl (C=O) groups is 2. The molecule has 4 aromatic carbocycles. The molecule has 19 heteroatoms. The van der Waals surface area contributed by atoms with E-state index in [9.17, 15) is 18.4 Å². The molecule has 6 aromatic rings. The fourth-order valence-electron chi connectivity index (χ4n) is 7.02. The van der Waals surface area contributed by atoms with Gasteiger partial charge < -0.3 is 40.5 Å². The van der Waals surface area contributed by atoms with Crippen LogP contribution in [0.2, 0.25) is 5.02 Å². The molecular weight excluding hydrogens is 834 g/mol. The number of ether oxygens (including phenoxy) is 2. The number of benzene rings is 4. The highest BCUT2D eigenvalue weighted by molar-refractivity contribution is 6.30. The van der Waals surface area contributed by atoms with Crippen LogP contribution in [0.3, 0.4) is 0 Å². The van der Waals surface area contributed by atoms with E-state index in [0.717, 1.165) is 22.3 Å². The molecule has 0 atom stereocenters. The monoisotopic (exact) mass is 876 g/mol. The van der Waals surface area contributed by atoms with E-state index >= 15 is 0 Å². The van der Waals surface area contributed by atoms with Crippen LogP contribution in [0.25, 0.3) is 0 Å². The van der Waals surface area contributed by atoms with Crippen molar-refractivity contribution in [1.82, 2.24) is 29.9 Å². The number of nitrogens with one attached hydrogen (secondary N) is 4. The number of rotatable bonds is 15. The molecule has 4 N–H and O–H groups in total. The molecule has 0 radical (unpaired) electrons. The number of anilines is 8. The van der Waals surface area contributed by atoms with Gasteiger partial charge in [-0.15, -0.1) is 0 Å². The van der Waals surface area contributed by atoms with Gasteiger partial charge in [0.05, 0.1) is 31.2 Å². The van der Waals surface area contributed by atoms with E-state index in [1.165, 1.54) is 36.9 Å². The summed E-state index contributed by atoms with van der Waals surface area (Å²) in [5.41, 5.74) is 5.80. The van der Waals surface area contributed by atoms with E-state index in [2.05, 4.69) is 51.2 Å². The molecule has 2 fully saturated rings. The van der Waals surface area contributed by atoms with Crippen LogP contribution >= 0.6 is 11.6 Å². The van der Waals surface area contributed by atoms with Crippen molar-refractivity contribution in [2.24, 2.45) is 0 Å². The summed E-state index contributed by atoms with van der Waals surface area (Å²) in [6.45, 7) is 9.63. The Balaban J connectivity index is 0.824. The quantitative estimate of drug-likeness (QED) is 0.0791. The van der Waals surface area contributed by atoms with Gasteiger partial charge in [-0.3, -0.25) is 9.59 Å². The van der Waals surface area contributed by atoms with Crippen LogP contribution in [0, 0.1) is 39.3 Å². The molecule has 0 unspecified atom stereocenters. The molecule has 2 amide bonds. The molecule has 16 nitrogen and oxygen atoms in total. The van der Waals surface area contributed by atoms with Crippen LogP contribution in [0.15, 0.2) is 79.4 Å².